The third-order valence-corrected chi connectivity index (χ3v) is 5.38. The van der Waals surface area contributed by atoms with Crippen molar-refractivity contribution >= 4 is 11.9 Å². The Balaban J connectivity index is 1.36. The van der Waals surface area contributed by atoms with Gasteiger partial charge in [0.25, 0.3) is 0 Å². The Bertz CT molecular complexity index is 593. The van der Waals surface area contributed by atoms with E-state index in [0.717, 1.165) is 19.6 Å². The molecule has 2 saturated heterocycles. The molecule has 2 aliphatic heterocycles. The lowest BCUT2D eigenvalue weighted by molar-refractivity contribution is -0.124. The minimum absolute atomic E-state index is 0.132. The van der Waals surface area contributed by atoms with E-state index in [4.69, 9.17) is 4.74 Å². The van der Waals surface area contributed by atoms with Gasteiger partial charge in [-0.2, -0.15) is 0 Å². The molecule has 0 unspecified atom stereocenters. The molecule has 0 bridgehead atoms. The first kappa shape index (κ1) is 15.7. The molecule has 0 spiro atoms. The van der Waals surface area contributed by atoms with Gasteiger partial charge < -0.3 is 15.0 Å². The van der Waals surface area contributed by atoms with Crippen LogP contribution in [0.25, 0.3) is 0 Å². The summed E-state index contributed by atoms with van der Waals surface area (Å²) < 4.78 is 18.7. The monoisotopic (exact) mass is 334 g/mol. The summed E-state index contributed by atoms with van der Waals surface area (Å²) in [5.74, 6) is 1.97. The molecule has 1 aromatic heterocycles. The first-order chi connectivity index (χ1) is 11.7. The highest BCUT2D eigenvalue weighted by Crippen LogP contribution is 2.37. The topological polar surface area (TPSA) is 67.3 Å². The Morgan fingerprint density at radius 2 is 2.08 bits per heavy atom. The van der Waals surface area contributed by atoms with E-state index in [1.54, 1.807) is 0 Å². The average molecular weight is 334 g/mol. The first-order valence-electron chi connectivity index (χ1n) is 8.76. The van der Waals surface area contributed by atoms with Crippen molar-refractivity contribution in [3.05, 3.63) is 18.2 Å². The van der Waals surface area contributed by atoms with Crippen LogP contribution in [0.2, 0.25) is 0 Å². The van der Waals surface area contributed by atoms with Crippen molar-refractivity contribution in [1.82, 2.24) is 15.3 Å². The van der Waals surface area contributed by atoms with E-state index in [-0.39, 0.29) is 11.8 Å². The standard InChI is InChI=1S/C17H23FN4O2/c18-14-5-20-17(21-6-14)22-7-13-10-24-9-12(15(13)8-22)3-16(23)19-4-11-1-2-11/h5-6,11-13,15H,1-4,7-10H2,(H,19,23)/t12-,13-,15+/m1/s1. The maximum Gasteiger partial charge on any atom is 0.225 e. The van der Waals surface area contributed by atoms with Crippen molar-refractivity contribution in [3.8, 4) is 0 Å². The number of nitrogens with zero attached hydrogens (tertiary/aromatic N) is 3. The zero-order chi connectivity index (χ0) is 16.5. The molecular weight excluding hydrogens is 311 g/mol. The number of carbonyl (C=O) groups excluding carboxylic acids is 1. The maximum atomic E-state index is 13.0. The number of ether oxygens (including phenoxy) is 1. The second-order valence-electron chi connectivity index (χ2n) is 7.28. The van der Waals surface area contributed by atoms with Gasteiger partial charge in [0.2, 0.25) is 11.9 Å². The van der Waals surface area contributed by atoms with E-state index in [1.165, 1.54) is 25.2 Å². The molecule has 3 fully saturated rings. The van der Waals surface area contributed by atoms with E-state index in [1.807, 2.05) is 0 Å². The van der Waals surface area contributed by atoms with Crippen molar-refractivity contribution in [3.63, 3.8) is 0 Å². The maximum absolute atomic E-state index is 13.0. The highest BCUT2D eigenvalue weighted by atomic mass is 19.1. The highest BCUT2D eigenvalue weighted by Gasteiger charge is 2.42. The molecule has 0 radical (unpaired) electrons. The van der Waals surface area contributed by atoms with Gasteiger partial charge in [-0.1, -0.05) is 0 Å². The SMILES string of the molecule is O=C(C[C@@H]1COC[C@H]2CN(c3ncc(F)cn3)C[C@@H]12)NCC1CC1. The van der Waals surface area contributed by atoms with Crippen LogP contribution in [0.4, 0.5) is 10.3 Å². The van der Waals surface area contributed by atoms with Crippen LogP contribution < -0.4 is 10.2 Å². The van der Waals surface area contributed by atoms with Crippen molar-refractivity contribution < 1.29 is 13.9 Å². The molecule has 130 valence electrons. The summed E-state index contributed by atoms with van der Waals surface area (Å²) in [6, 6.07) is 0. The minimum atomic E-state index is -0.427. The molecule has 1 aliphatic carbocycles. The number of amides is 1. The van der Waals surface area contributed by atoms with Crippen LogP contribution in [0.5, 0.6) is 0 Å². The van der Waals surface area contributed by atoms with E-state index in [2.05, 4.69) is 20.2 Å². The number of carbonyl (C=O) groups is 1. The Morgan fingerprint density at radius 3 is 2.83 bits per heavy atom. The Labute approximate surface area is 140 Å². The predicted molar refractivity (Wildman–Crippen MR) is 85.8 cm³/mol. The van der Waals surface area contributed by atoms with Gasteiger partial charge in [-0.15, -0.1) is 0 Å². The largest absolute Gasteiger partial charge is 0.381 e. The summed E-state index contributed by atoms with van der Waals surface area (Å²) in [6.45, 7) is 3.77. The molecule has 7 heteroatoms. The molecule has 4 rings (SSSR count). The Kier molecular flexibility index (Phi) is 4.35. The molecule has 3 heterocycles. The van der Waals surface area contributed by atoms with Gasteiger partial charge >= 0.3 is 0 Å². The number of rotatable bonds is 5. The molecular formula is C17H23FN4O2. The zero-order valence-corrected chi connectivity index (χ0v) is 13.7. The Morgan fingerprint density at radius 1 is 1.29 bits per heavy atom. The van der Waals surface area contributed by atoms with Gasteiger partial charge in [-0.3, -0.25) is 4.79 Å². The van der Waals surface area contributed by atoms with E-state index < -0.39 is 5.82 Å². The molecule has 1 amide bonds. The number of halogens is 1. The number of nitrogens with one attached hydrogen (secondary N) is 1. The van der Waals surface area contributed by atoms with Crippen LogP contribution in [0.3, 0.4) is 0 Å². The molecule has 0 aromatic carbocycles. The fourth-order valence-electron chi connectivity index (χ4n) is 3.83. The lowest BCUT2D eigenvalue weighted by Crippen LogP contribution is -2.38. The van der Waals surface area contributed by atoms with Gasteiger partial charge in [-0.05, 0) is 30.6 Å². The molecule has 1 N–H and O–H groups in total. The van der Waals surface area contributed by atoms with Gasteiger partial charge in [0, 0.05) is 32.0 Å². The van der Waals surface area contributed by atoms with Crippen LogP contribution in [0.1, 0.15) is 19.3 Å². The molecule has 1 aromatic rings. The van der Waals surface area contributed by atoms with Crippen LogP contribution in [-0.4, -0.2) is 48.7 Å². The van der Waals surface area contributed by atoms with E-state index in [9.17, 15) is 9.18 Å². The van der Waals surface area contributed by atoms with Crippen molar-refractivity contribution in [1.29, 1.82) is 0 Å². The minimum Gasteiger partial charge on any atom is -0.381 e. The van der Waals surface area contributed by atoms with Gasteiger partial charge in [0.1, 0.15) is 0 Å². The highest BCUT2D eigenvalue weighted by molar-refractivity contribution is 5.76. The average Bonchev–Trinajstić information content (AvgIpc) is 3.31. The van der Waals surface area contributed by atoms with E-state index >= 15 is 0 Å². The van der Waals surface area contributed by atoms with Gasteiger partial charge in [-0.25, -0.2) is 14.4 Å². The summed E-state index contributed by atoms with van der Waals surface area (Å²) in [5, 5.41) is 3.05. The molecule has 6 nitrogen and oxygen atoms in total. The lowest BCUT2D eigenvalue weighted by Gasteiger charge is -2.32. The number of fused-ring (bicyclic) bond motifs is 1. The van der Waals surface area contributed by atoms with E-state index in [0.29, 0.717) is 43.3 Å². The van der Waals surface area contributed by atoms with Crippen LogP contribution in [0.15, 0.2) is 12.4 Å². The fourth-order valence-corrected chi connectivity index (χ4v) is 3.83. The normalized spacial score (nSPS) is 29.4. The van der Waals surface area contributed by atoms with Crippen molar-refractivity contribution in [2.24, 2.45) is 23.7 Å². The van der Waals surface area contributed by atoms with Crippen molar-refractivity contribution in [2.45, 2.75) is 19.3 Å². The molecule has 1 saturated carbocycles. The fraction of sp³-hybridized carbons (Fsp3) is 0.706. The predicted octanol–water partition coefficient (Wildman–Crippen LogP) is 1.23. The Hall–Kier alpha value is -1.76. The number of anilines is 1. The summed E-state index contributed by atoms with van der Waals surface area (Å²) in [6.07, 6.45) is 5.40. The van der Waals surface area contributed by atoms with Gasteiger partial charge in [0.15, 0.2) is 5.82 Å². The second kappa shape index (κ2) is 6.63. The number of hydrogen-bond donors (Lipinski definition) is 1. The summed E-state index contributed by atoms with van der Waals surface area (Å²) >= 11 is 0. The van der Waals surface area contributed by atoms with Crippen LogP contribution in [0, 0.1) is 29.5 Å². The zero-order valence-electron chi connectivity index (χ0n) is 13.7. The van der Waals surface area contributed by atoms with Crippen LogP contribution >= 0.6 is 0 Å². The molecule has 3 aliphatic rings. The molecule has 24 heavy (non-hydrogen) atoms. The third-order valence-electron chi connectivity index (χ3n) is 5.38. The lowest BCUT2D eigenvalue weighted by atomic mass is 9.81. The smallest absolute Gasteiger partial charge is 0.225 e. The second-order valence-corrected chi connectivity index (χ2v) is 7.28. The number of hydrogen-bond acceptors (Lipinski definition) is 5. The number of aromatic nitrogens is 2. The van der Waals surface area contributed by atoms with Crippen molar-refractivity contribution in [2.75, 3.05) is 37.7 Å². The van der Waals surface area contributed by atoms with Gasteiger partial charge in [0.05, 0.1) is 25.6 Å². The summed E-state index contributed by atoms with van der Waals surface area (Å²) in [4.78, 5) is 22.4. The quantitative estimate of drug-likeness (QED) is 0.877. The summed E-state index contributed by atoms with van der Waals surface area (Å²) in [7, 11) is 0. The third kappa shape index (κ3) is 3.50. The first-order valence-corrected chi connectivity index (χ1v) is 8.76. The summed E-state index contributed by atoms with van der Waals surface area (Å²) in [5.41, 5.74) is 0. The van der Waals surface area contributed by atoms with Crippen LogP contribution in [-0.2, 0) is 9.53 Å². The molecule has 3 atom stereocenters.